The lowest BCUT2D eigenvalue weighted by atomic mass is 9.85. The summed E-state index contributed by atoms with van der Waals surface area (Å²) in [5.41, 5.74) is 0.594. The van der Waals surface area contributed by atoms with Gasteiger partial charge in [0.15, 0.2) is 0 Å². The van der Waals surface area contributed by atoms with Gasteiger partial charge in [0.05, 0.1) is 0 Å². The quantitative estimate of drug-likeness (QED) is 0.814. The van der Waals surface area contributed by atoms with E-state index in [-0.39, 0.29) is 0 Å². The average molecular weight is 242 g/mol. The fourth-order valence-corrected chi connectivity index (χ4v) is 4.48. The minimum Gasteiger partial charge on any atom is -0.319 e. The van der Waals surface area contributed by atoms with Crippen LogP contribution >= 0.6 is 11.8 Å². The molecule has 0 amide bonds. The zero-order valence-electron chi connectivity index (χ0n) is 10.8. The number of nitrogens with one attached hydrogen (secondary N) is 1. The highest BCUT2D eigenvalue weighted by Gasteiger charge is 2.35. The number of hydrogen-bond donors (Lipinski definition) is 1. The molecular weight excluding hydrogens is 216 g/mol. The van der Waals surface area contributed by atoms with Crippen molar-refractivity contribution in [3.05, 3.63) is 0 Å². The predicted octanol–water partition coefficient (Wildman–Crippen LogP) is 2.20. The van der Waals surface area contributed by atoms with Gasteiger partial charge in [-0.25, -0.2) is 0 Å². The van der Waals surface area contributed by atoms with Crippen molar-refractivity contribution in [3.8, 4) is 0 Å². The zero-order valence-corrected chi connectivity index (χ0v) is 11.6. The molecule has 1 atom stereocenters. The van der Waals surface area contributed by atoms with E-state index in [1.54, 1.807) is 0 Å². The van der Waals surface area contributed by atoms with Gasteiger partial charge in [-0.15, -0.1) is 0 Å². The van der Waals surface area contributed by atoms with E-state index in [1.165, 1.54) is 57.6 Å². The Balaban J connectivity index is 1.89. The molecule has 16 heavy (non-hydrogen) atoms. The smallest absolute Gasteiger partial charge is 0.0147 e. The minimum atomic E-state index is 0.594. The summed E-state index contributed by atoms with van der Waals surface area (Å²) in [5, 5.41) is 4.25. The molecule has 1 heterocycles. The van der Waals surface area contributed by atoms with Gasteiger partial charge in [0.2, 0.25) is 0 Å². The summed E-state index contributed by atoms with van der Waals surface area (Å²) in [6.45, 7) is 7.52. The van der Waals surface area contributed by atoms with E-state index >= 15 is 0 Å². The van der Waals surface area contributed by atoms with Gasteiger partial charge in [-0.3, -0.25) is 0 Å². The summed E-state index contributed by atoms with van der Waals surface area (Å²) in [6.07, 6.45) is 5.76. The number of hydrogen-bond acceptors (Lipinski definition) is 3. The molecule has 1 saturated heterocycles. The number of rotatable bonds is 4. The predicted molar refractivity (Wildman–Crippen MR) is 73.2 cm³/mol. The van der Waals surface area contributed by atoms with Crippen molar-refractivity contribution in [2.45, 2.75) is 37.9 Å². The lowest BCUT2D eigenvalue weighted by Gasteiger charge is -2.38. The Bertz CT molecular complexity index is 214. The molecule has 0 radical (unpaired) electrons. The Morgan fingerprint density at radius 2 is 2.12 bits per heavy atom. The van der Waals surface area contributed by atoms with Crippen LogP contribution in [-0.4, -0.2) is 49.1 Å². The summed E-state index contributed by atoms with van der Waals surface area (Å²) >= 11 is 2.13. The largest absolute Gasteiger partial charge is 0.319 e. The molecule has 94 valence electrons. The molecule has 0 aromatic rings. The van der Waals surface area contributed by atoms with Gasteiger partial charge in [0.25, 0.3) is 0 Å². The highest BCUT2D eigenvalue weighted by atomic mass is 32.2. The molecule has 1 saturated carbocycles. The molecule has 1 N–H and O–H groups in total. The molecule has 3 heteroatoms. The summed E-state index contributed by atoms with van der Waals surface area (Å²) in [4.78, 5) is 2.71. The highest BCUT2D eigenvalue weighted by molar-refractivity contribution is 7.99. The Morgan fingerprint density at radius 1 is 1.38 bits per heavy atom. The summed E-state index contributed by atoms with van der Waals surface area (Å²) in [5.74, 6) is 1.33. The van der Waals surface area contributed by atoms with Gasteiger partial charge < -0.3 is 10.2 Å². The third-order valence-corrected chi connectivity index (χ3v) is 5.24. The van der Waals surface area contributed by atoms with E-state index in [0.29, 0.717) is 5.41 Å². The molecule has 0 spiro atoms. The van der Waals surface area contributed by atoms with Crippen molar-refractivity contribution in [1.29, 1.82) is 0 Å². The first-order valence-electron chi connectivity index (χ1n) is 6.73. The fraction of sp³-hybridized carbons (Fsp3) is 1.00. The van der Waals surface area contributed by atoms with Crippen LogP contribution in [0.1, 0.15) is 32.6 Å². The van der Waals surface area contributed by atoms with Gasteiger partial charge in [0.1, 0.15) is 0 Å². The first-order chi connectivity index (χ1) is 7.74. The molecule has 1 aliphatic carbocycles. The molecule has 2 rings (SSSR count). The molecule has 1 aliphatic heterocycles. The van der Waals surface area contributed by atoms with Gasteiger partial charge in [0, 0.05) is 37.2 Å². The maximum atomic E-state index is 3.42. The maximum absolute atomic E-state index is 3.42. The molecule has 0 bridgehead atoms. The van der Waals surface area contributed by atoms with Crippen LogP contribution in [0.15, 0.2) is 0 Å². The highest BCUT2D eigenvalue weighted by Crippen LogP contribution is 2.38. The number of nitrogens with zero attached hydrogens (tertiary/aromatic N) is 1. The topological polar surface area (TPSA) is 15.3 Å². The molecular formula is C13H26N2S. The van der Waals surface area contributed by atoms with Crippen LogP contribution in [0, 0.1) is 5.41 Å². The molecule has 0 aromatic heterocycles. The molecule has 2 fully saturated rings. The monoisotopic (exact) mass is 242 g/mol. The van der Waals surface area contributed by atoms with Crippen LogP contribution in [0.4, 0.5) is 0 Å². The molecule has 0 aromatic carbocycles. The van der Waals surface area contributed by atoms with Crippen molar-refractivity contribution >= 4 is 11.8 Å². The molecule has 1 unspecified atom stereocenters. The van der Waals surface area contributed by atoms with E-state index in [1.807, 2.05) is 0 Å². The fourth-order valence-electron chi connectivity index (χ4n) is 3.40. The Labute approximate surface area is 105 Å². The van der Waals surface area contributed by atoms with E-state index in [4.69, 9.17) is 0 Å². The lowest BCUT2D eigenvalue weighted by Crippen LogP contribution is -2.46. The Kier molecular flexibility index (Phi) is 4.57. The van der Waals surface area contributed by atoms with Crippen LogP contribution < -0.4 is 5.32 Å². The lowest BCUT2D eigenvalue weighted by molar-refractivity contribution is 0.155. The van der Waals surface area contributed by atoms with Crippen LogP contribution in [0.25, 0.3) is 0 Å². The van der Waals surface area contributed by atoms with Crippen molar-refractivity contribution in [3.63, 3.8) is 0 Å². The first kappa shape index (κ1) is 12.7. The number of thioether (sulfide) groups is 1. The van der Waals surface area contributed by atoms with Crippen molar-refractivity contribution in [2.24, 2.45) is 5.41 Å². The van der Waals surface area contributed by atoms with E-state index < -0.39 is 0 Å². The van der Waals surface area contributed by atoms with Crippen molar-refractivity contribution in [1.82, 2.24) is 10.2 Å². The Hall–Kier alpha value is 0.270. The van der Waals surface area contributed by atoms with Gasteiger partial charge in [-0.2, -0.15) is 11.8 Å². The Morgan fingerprint density at radius 3 is 2.75 bits per heavy atom. The summed E-state index contributed by atoms with van der Waals surface area (Å²) in [7, 11) is 2.11. The van der Waals surface area contributed by atoms with Gasteiger partial charge in [-0.1, -0.05) is 19.8 Å². The van der Waals surface area contributed by atoms with Crippen LogP contribution in [0.3, 0.4) is 0 Å². The normalized spacial score (nSPS) is 30.8. The maximum Gasteiger partial charge on any atom is 0.0147 e. The second-order valence-electron chi connectivity index (χ2n) is 5.65. The van der Waals surface area contributed by atoms with Gasteiger partial charge >= 0.3 is 0 Å². The van der Waals surface area contributed by atoms with Crippen LogP contribution in [0.5, 0.6) is 0 Å². The third-order valence-electron chi connectivity index (χ3n) is 4.10. The van der Waals surface area contributed by atoms with E-state index in [9.17, 15) is 0 Å². The average Bonchev–Trinajstić information content (AvgIpc) is 2.67. The van der Waals surface area contributed by atoms with Crippen LogP contribution in [0.2, 0.25) is 0 Å². The standard InChI is InChI=1S/C13H26N2S/c1-12-9-15(7-8-16-12)11-13(10-14-2)5-3-4-6-13/h12,14H,3-11H2,1-2H3. The van der Waals surface area contributed by atoms with Gasteiger partial charge in [-0.05, 0) is 25.3 Å². The second-order valence-corrected chi connectivity index (χ2v) is 7.20. The summed E-state index contributed by atoms with van der Waals surface area (Å²) < 4.78 is 0. The third kappa shape index (κ3) is 3.14. The van der Waals surface area contributed by atoms with Crippen molar-refractivity contribution < 1.29 is 0 Å². The van der Waals surface area contributed by atoms with E-state index in [0.717, 1.165) is 5.25 Å². The summed E-state index contributed by atoms with van der Waals surface area (Å²) in [6, 6.07) is 0. The van der Waals surface area contributed by atoms with Crippen molar-refractivity contribution in [2.75, 3.05) is 39.0 Å². The molecule has 2 nitrogen and oxygen atoms in total. The zero-order chi connectivity index (χ0) is 11.4. The van der Waals surface area contributed by atoms with E-state index in [2.05, 4.69) is 35.9 Å². The van der Waals surface area contributed by atoms with Crippen LogP contribution in [-0.2, 0) is 0 Å². The SMILES string of the molecule is CNCC1(CN2CCSC(C)C2)CCCC1. The molecule has 2 aliphatic rings. The first-order valence-corrected chi connectivity index (χ1v) is 7.78. The minimum absolute atomic E-state index is 0.594. The second kappa shape index (κ2) is 5.74.